The summed E-state index contributed by atoms with van der Waals surface area (Å²) in [5.74, 6) is 0.745. The Bertz CT molecular complexity index is 363. The lowest BCUT2D eigenvalue weighted by molar-refractivity contribution is 0.0323. The summed E-state index contributed by atoms with van der Waals surface area (Å²) >= 11 is 0. The maximum atomic E-state index is 5.80. The number of ether oxygens (including phenoxy) is 2. The largest absolute Gasteiger partial charge is 0.381 e. The highest BCUT2D eigenvalue weighted by Crippen LogP contribution is 2.28. The van der Waals surface area contributed by atoms with Crippen molar-refractivity contribution >= 4 is 0 Å². The molecule has 0 bridgehead atoms. The van der Waals surface area contributed by atoms with Crippen molar-refractivity contribution in [1.82, 2.24) is 5.32 Å². The Morgan fingerprint density at radius 1 is 1.25 bits per heavy atom. The van der Waals surface area contributed by atoms with Gasteiger partial charge in [-0.25, -0.2) is 0 Å². The molecule has 0 aliphatic carbocycles. The van der Waals surface area contributed by atoms with Crippen LogP contribution in [-0.4, -0.2) is 32.9 Å². The van der Waals surface area contributed by atoms with Crippen LogP contribution >= 0.6 is 0 Å². The second kappa shape index (κ2) is 8.40. The van der Waals surface area contributed by atoms with Crippen molar-refractivity contribution in [1.29, 1.82) is 0 Å². The van der Waals surface area contributed by atoms with Crippen molar-refractivity contribution in [3.8, 4) is 0 Å². The van der Waals surface area contributed by atoms with Crippen LogP contribution in [0.3, 0.4) is 0 Å². The molecule has 2 rings (SSSR count). The Labute approximate surface area is 122 Å². The molecule has 1 saturated heterocycles. The van der Waals surface area contributed by atoms with Gasteiger partial charge in [0.2, 0.25) is 0 Å². The van der Waals surface area contributed by atoms with Crippen molar-refractivity contribution in [3.63, 3.8) is 0 Å². The van der Waals surface area contributed by atoms with Gasteiger partial charge in [-0.1, -0.05) is 37.3 Å². The van der Waals surface area contributed by atoms with Gasteiger partial charge >= 0.3 is 0 Å². The van der Waals surface area contributed by atoms with E-state index < -0.39 is 0 Å². The highest BCUT2D eigenvalue weighted by atomic mass is 16.5. The predicted octanol–water partition coefficient (Wildman–Crippen LogP) is 3.17. The lowest BCUT2D eigenvalue weighted by atomic mass is 9.88. The smallest absolute Gasteiger partial charge is 0.0974 e. The number of likely N-dealkylation sites (N-methyl/N-ethyl adjacent to an activating group) is 1. The number of hydrogen-bond donors (Lipinski definition) is 1. The van der Waals surface area contributed by atoms with Gasteiger partial charge in [0.05, 0.1) is 6.10 Å². The maximum Gasteiger partial charge on any atom is 0.0974 e. The van der Waals surface area contributed by atoms with Gasteiger partial charge in [-0.3, -0.25) is 0 Å². The first-order valence-electron chi connectivity index (χ1n) is 7.74. The molecule has 1 aliphatic heterocycles. The molecular weight excluding hydrogens is 250 g/mol. The Balaban J connectivity index is 2.04. The van der Waals surface area contributed by atoms with Crippen LogP contribution in [0.15, 0.2) is 30.3 Å². The Morgan fingerprint density at radius 2 is 1.95 bits per heavy atom. The maximum absolute atomic E-state index is 5.80. The molecule has 0 spiro atoms. The van der Waals surface area contributed by atoms with E-state index >= 15 is 0 Å². The molecule has 1 N–H and O–H groups in total. The van der Waals surface area contributed by atoms with Gasteiger partial charge in [-0.05, 0) is 37.3 Å². The van der Waals surface area contributed by atoms with Gasteiger partial charge in [-0.15, -0.1) is 0 Å². The van der Waals surface area contributed by atoms with E-state index in [2.05, 4.69) is 42.6 Å². The Kier molecular flexibility index (Phi) is 6.51. The second-order valence-electron chi connectivity index (χ2n) is 5.52. The van der Waals surface area contributed by atoms with Gasteiger partial charge in [-0.2, -0.15) is 0 Å². The average Bonchev–Trinajstić information content (AvgIpc) is 2.50. The molecule has 2 unspecified atom stereocenters. The molecule has 1 heterocycles. The van der Waals surface area contributed by atoms with Gasteiger partial charge in [0, 0.05) is 26.4 Å². The van der Waals surface area contributed by atoms with Crippen LogP contribution in [0.2, 0.25) is 0 Å². The standard InChI is InChI=1S/C17H27NO2/c1-3-18-16(13-14-9-11-20-12-10-14)17(19-2)15-7-5-4-6-8-15/h4-8,14,16-18H,3,9-13H2,1-2H3. The predicted molar refractivity (Wildman–Crippen MR) is 81.8 cm³/mol. The van der Waals surface area contributed by atoms with E-state index in [0.717, 1.165) is 32.1 Å². The van der Waals surface area contributed by atoms with E-state index in [-0.39, 0.29) is 6.10 Å². The second-order valence-corrected chi connectivity index (χ2v) is 5.52. The van der Waals surface area contributed by atoms with Gasteiger partial charge in [0.1, 0.15) is 0 Å². The molecule has 2 atom stereocenters. The van der Waals surface area contributed by atoms with Crippen LogP contribution in [0.4, 0.5) is 0 Å². The summed E-state index contributed by atoms with van der Waals surface area (Å²) in [6.07, 6.45) is 3.63. The molecule has 0 saturated carbocycles. The van der Waals surface area contributed by atoms with Crippen molar-refractivity contribution in [3.05, 3.63) is 35.9 Å². The zero-order valence-electron chi connectivity index (χ0n) is 12.7. The van der Waals surface area contributed by atoms with E-state index in [4.69, 9.17) is 9.47 Å². The van der Waals surface area contributed by atoms with Crippen LogP contribution in [0.5, 0.6) is 0 Å². The van der Waals surface area contributed by atoms with Gasteiger partial charge < -0.3 is 14.8 Å². The Hall–Kier alpha value is -0.900. The van der Waals surface area contributed by atoms with Crippen LogP contribution in [-0.2, 0) is 9.47 Å². The zero-order valence-corrected chi connectivity index (χ0v) is 12.7. The lowest BCUT2D eigenvalue weighted by Crippen LogP contribution is -2.38. The molecule has 0 radical (unpaired) electrons. The van der Waals surface area contributed by atoms with Crippen LogP contribution < -0.4 is 5.32 Å². The van der Waals surface area contributed by atoms with Crippen LogP contribution in [0.25, 0.3) is 0 Å². The van der Waals surface area contributed by atoms with E-state index in [0.29, 0.717) is 6.04 Å². The fourth-order valence-electron chi connectivity index (χ4n) is 3.09. The molecule has 1 aliphatic rings. The minimum absolute atomic E-state index is 0.124. The molecule has 112 valence electrons. The third kappa shape index (κ3) is 4.30. The Morgan fingerprint density at radius 3 is 2.55 bits per heavy atom. The minimum atomic E-state index is 0.124. The number of hydrogen-bond acceptors (Lipinski definition) is 3. The average molecular weight is 277 g/mol. The summed E-state index contributed by atoms with van der Waals surface area (Å²) in [5, 5.41) is 3.61. The molecule has 1 aromatic rings. The molecule has 3 nitrogen and oxygen atoms in total. The van der Waals surface area contributed by atoms with E-state index in [9.17, 15) is 0 Å². The lowest BCUT2D eigenvalue weighted by Gasteiger charge is -2.32. The zero-order chi connectivity index (χ0) is 14.2. The molecular formula is C17H27NO2. The fraction of sp³-hybridized carbons (Fsp3) is 0.647. The van der Waals surface area contributed by atoms with Gasteiger partial charge in [0.15, 0.2) is 0 Å². The summed E-state index contributed by atoms with van der Waals surface area (Å²) in [6.45, 7) is 4.95. The van der Waals surface area contributed by atoms with Crippen molar-refractivity contribution in [2.75, 3.05) is 26.9 Å². The van der Waals surface area contributed by atoms with Crippen molar-refractivity contribution in [2.45, 2.75) is 38.3 Å². The number of nitrogens with one attached hydrogen (secondary N) is 1. The topological polar surface area (TPSA) is 30.5 Å². The third-order valence-electron chi connectivity index (χ3n) is 4.14. The van der Waals surface area contributed by atoms with Crippen LogP contribution in [0, 0.1) is 5.92 Å². The first kappa shape index (κ1) is 15.5. The summed E-state index contributed by atoms with van der Waals surface area (Å²) in [7, 11) is 1.81. The highest BCUT2D eigenvalue weighted by molar-refractivity contribution is 5.19. The minimum Gasteiger partial charge on any atom is -0.381 e. The monoisotopic (exact) mass is 277 g/mol. The first-order valence-corrected chi connectivity index (χ1v) is 7.74. The molecule has 0 amide bonds. The summed E-state index contributed by atoms with van der Waals surface area (Å²) in [6, 6.07) is 10.9. The van der Waals surface area contributed by atoms with Crippen molar-refractivity contribution in [2.24, 2.45) is 5.92 Å². The summed E-state index contributed by atoms with van der Waals surface area (Å²) < 4.78 is 11.3. The normalized spacial score (nSPS) is 19.7. The summed E-state index contributed by atoms with van der Waals surface area (Å²) in [4.78, 5) is 0. The SMILES string of the molecule is CCNC(CC1CCOCC1)C(OC)c1ccccc1. The molecule has 1 fully saturated rings. The van der Waals surface area contributed by atoms with Gasteiger partial charge in [0.25, 0.3) is 0 Å². The number of methoxy groups -OCH3 is 1. The number of rotatable bonds is 7. The fourth-order valence-corrected chi connectivity index (χ4v) is 3.09. The first-order chi connectivity index (χ1) is 9.85. The van der Waals surface area contributed by atoms with E-state index in [1.807, 2.05) is 7.11 Å². The van der Waals surface area contributed by atoms with Crippen molar-refractivity contribution < 1.29 is 9.47 Å². The number of benzene rings is 1. The van der Waals surface area contributed by atoms with E-state index in [1.54, 1.807) is 0 Å². The quantitative estimate of drug-likeness (QED) is 0.830. The molecule has 0 aromatic heterocycles. The summed E-state index contributed by atoms with van der Waals surface area (Å²) in [5.41, 5.74) is 1.26. The highest BCUT2D eigenvalue weighted by Gasteiger charge is 2.26. The molecule has 3 heteroatoms. The molecule has 20 heavy (non-hydrogen) atoms. The van der Waals surface area contributed by atoms with E-state index in [1.165, 1.54) is 18.4 Å². The molecule has 1 aromatic carbocycles. The van der Waals surface area contributed by atoms with Crippen LogP contribution in [0.1, 0.15) is 37.9 Å². The third-order valence-corrected chi connectivity index (χ3v) is 4.14.